The van der Waals surface area contributed by atoms with Crippen LogP contribution in [0.4, 0.5) is 0 Å². The first-order valence-electron chi connectivity index (χ1n) is 17.9. The van der Waals surface area contributed by atoms with Gasteiger partial charge in [-0.2, -0.15) is 0 Å². The van der Waals surface area contributed by atoms with Crippen molar-refractivity contribution in [1.29, 1.82) is 0 Å². The summed E-state index contributed by atoms with van der Waals surface area (Å²) in [7, 11) is 0. The van der Waals surface area contributed by atoms with Gasteiger partial charge in [0.15, 0.2) is 0 Å². The third-order valence-electron chi connectivity index (χ3n) is 8.08. The zero-order chi connectivity index (χ0) is 28.3. The summed E-state index contributed by atoms with van der Waals surface area (Å²) in [6.45, 7) is 7.19. The molecule has 0 rings (SSSR count). The summed E-state index contributed by atoms with van der Waals surface area (Å²) >= 11 is 0. The average Bonchev–Trinajstić information content (AvgIpc) is 2.94. The highest BCUT2D eigenvalue weighted by Crippen LogP contribution is 2.14. The number of hydrogen-bond donors (Lipinski definition) is 1. The molecule has 1 atom stereocenters. The van der Waals surface area contributed by atoms with E-state index in [4.69, 9.17) is 20.2 Å². The Morgan fingerprint density at radius 1 is 0.385 bits per heavy atom. The number of unbranched alkanes of at least 4 members (excludes halogenated alkanes) is 26. The molecule has 1 unspecified atom stereocenters. The molecule has 0 spiro atoms. The lowest BCUT2D eigenvalue weighted by molar-refractivity contribution is -0.0619. The molecule has 0 aromatic rings. The van der Waals surface area contributed by atoms with Crippen LogP contribution in [0.25, 0.3) is 0 Å². The fourth-order valence-corrected chi connectivity index (χ4v) is 5.41. The summed E-state index contributed by atoms with van der Waals surface area (Å²) in [5.74, 6) is 5.31. The van der Waals surface area contributed by atoms with Crippen LogP contribution in [0.15, 0.2) is 0 Å². The minimum Gasteiger partial charge on any atom is -0.379 e. The van der Waals surface area contributed by atoms with Crippen LogP contribution >= 0.6 is 0 Å². The van der Waals surface area contributed by atoms with Crippen molar-refractivity contribution < 1.29 is 14.3 Å². The van der Waals surface area contributed by atoms with E-state index in [1.807, 2.05) is 0 Å². The van der Waals surface area contributed by atoms with Crippen LogP contribution in [-0.4, -0.2) is 32.5 Å². The van der Waals surface area contributed by atoms with Gasteiger partial charge in [0.2, 0.25) is 0 Å². The van der Waals surface area contributed by atoms with E-state index in [2.05, 4.69) is 13.8 Å². The van der Waals surface area contributed by atoms with Gasteiger partial charge in [0, 0.05) is 13.2 Å². The van der Waals surface area contributed by atoms with Gasteiger partial charge in [-0.3, -0.25) is 0 Å². The fourth-order valence-electron chi connectivity index (χ4n) is 5.41. The van der Waals surface area contributed by atoms with Crippen molar-refractivity contribution in [2.75, 3.05) is 26.4 Å². The molecule has 0 heterocycles. The SMILES string of the molecule is CCCCCCCCCCCCCCCCOCC(CON)OCCCCCCCCCCCCCCCC. The predicted octanol–water partition coefficient (Wildman–Crippen LogP) is 11.2. The third kappa shape index (κ3) is 33.9. The second-order valence-electron chi connectivity index (χ2n) is 12.1. The summed E-state index contributed by atoms with van der Waals surface area (Å²) in [6, 6.07) is 0. The van der Waals surface area contributed by atoms with E-state index < -0.39 is 0 Å². The lowest BCUT2D eigenvalue weighted by atomic mass is 10.0. The van der Waals surface area contributed by atoms with Crippen LogP contribution in [-0.2, 0) is 14.3 Å². The molecule has 0 aliphatic carbocycles. The molecule has 0 radical (unpaired) electrons. The van der Waals surface area contributed by atoms with Crippen molar-refractivity contribution in [2.45, 2.75) is 200 Å². The standard InChI is InChI=1S/C35H73NO3/c1-3-5-7-9-11-13-15-17-19-21-23-25-27-29-31-37-33-35(34-39-36)38-32-30-28-26-24-22-20-18-16-14-12-10-8-6-4-2/h35H,3-34,36H2,1-2H3. The molecule has 0 aromatic heterocycles. The molecule has 39 heavy (non-hydrogen) atoms. The summed E-state index contributed by atoms with van der Waals surface area (Å²) in [6.07, 6.45) is 38.6. The second kappa shape index (κ2) is 35.9. The Kier molecular flexibility index (Phi) is 35.7. The number of ether oxygens (including phenoxy) is 2. The van der Waals surface area contributed by atoms with Gasteiger partial charge in [0.1, 0.15) is 6.10 Å². The Hall–Kier alpha value is -0.160. The smallest absolute Gasteiger partial charge is 0.106 e. The Morgan fingerprint density at radius 3 is 1.03 bits per heavy atom. The van der Waals surface area contributed by atoms with Crippen LogP contribution in [0.1, 0.15) is 194 Å². The summed E-state index contributed by atoms with van der Waals surface area (Å²) in [5.41, 5.74) is 0. The monoisotopic (exact) mass is 556 g/mol. The molecule has 4 nitrogen and oxygen atoms in total. The van der Waals surface area contributed by atoms with Gasteiger partial charge in [0.05, 0.1) is 13.2 Å². The van der Waals surface area contributed by atoms with Gasteiger partial charge in [0.25, 0.3) is 0 Å². The number of nitrogens with two attached hydrogens (primary N) is 1. The first kappa shape index (κ1) is 38.8. The first-order chi connectivity index (χ1) is 19.3. The zero-order valence-electron chi connectivity index (χ0n) is 27.0. The average molecular weight is 556 g/mol. The molecule has 4 heteroatoms. The van der Waals surface area contributed by atoms with Crippen molar-refractivity contribution in [3.8, 4) is 0 Å². The maximum atomic E-state index is 5.98. The normalized spacial score (nSPS) is 12.4. The number of rotatable bonds is 35. The Bertz CT molecular complexity index is 421. The molecular weight excluding hydrogens is 482 g/mol. The van der Waals surface area contributed by atoms with Crippen molar-refractivity contribution >= 4 is 0 Å². The summed E-state index contributed by atoms with van der Waals surface area (Å²) in [5, 5.41) is 0. The van der Waals surface area contributed by atoms with Crippen LogP contribution < -0.4 is 5.90 Å². The molecule has 2 N–H and O–H groups in total. The van der Waals surface area contributed by atoms with Crippen molar-refractivity contribution in [1.82, 2.24) is 0 Å². The third-order valence-corrected chi connectivity index (χ3v) is 8.08. The molecule has 0 aliphatic heterocycles. The first-order valence-corrected chi connectivity index (χ1v) is 17.9. The quantitative estimate of drug-likeness (QED) is 0.0624. The molecule has 236 valence electrons. The molecule has 0 fully saturated rings. The second-order valence-corrected chi connectivity index (χ2v) is 12.1. The van der Waals surface area contributed by atoms with E-state index in [1.54, 1.807) is 0 Å². The Morgan fingerprint density at radius 2 is 0.692 bits per heavy atom. The highest BCUT2D eigenvalue weighted by molar-refractivity contribution is 4.56. The molecule has 0 saturated heterocycles. The topological polar surface area (TPSA) is 53.7 Å². The van der Waals surface area contributed by atoms with E-state index >= 15 is 0 Å². The molecule has 0 amide bonds. The lowest BCUT2D eigenvalue weighted by Crippen LogP contribution is -2.28. The van der Waals surface area contributed by atoms with E-state index in [-0.39, 0.29) is 6.10 Å². The van der Waals surface area contributed by atoms with Gasteiger partial charge in [-0.05, 0) is 12.8 Å². The Balaban J connectivity index is 3.35. The van der Waals surface area contributed by atoms with E-state index in [0.717, 1.165) is 26.1 Å². The van der Waals surface area contributed by atoms with Crippen molar-refractivity contribution in [3.05, 3.63) is 0 Å². The zero-order valence-corrected chi connectivity index (χ0v) is 27.0. The number of hydrogen-bond acceptors (Lipinski definition) is 4. The van der Waals surface area contributed by atoms with Crippen LogP contribution in [0.3, 0.4) is 0 Å². The molecule has 0 aliphatic rings. The largest absolute Gasteiger partial charge is 0.379 e. The fraction of sp³-hybridized carbons (Fsp3) is 1.00. The van der Waals surface area contributed by atoms with Crippen LogP contribution in [0, 0.1) is 0 Å². The minimum absolute atomic E-state index is 0.0383. The van der Waals surface area contributed by atoms with Gasteiger partial charge in [-0.15, -0.1) is 0 Å². The van der Waals surface area contributed by atoms with Gasteiger partial charge in [-0.1, -0.05) is 181 Å². The van der Waals surface area contributed by atoms with E-state index in [9.17, 15) is 0 Å². The Labute approximate surface area is 246 Å². The molecule has 0 aromatic carbocycles. The molecule has 0 bridgehead atoms. The summed E-state index contributed by atoms with van der Waals surface area (Å²) in [4.78, 5) is 4.85. The van der Waals surface area contributed by atoms with Crippen molar-refractivity contribution in [2.24, 2.45) is 5.90 Å². The highest BCUT2D eigenvalue weighted by atomic mass is 16.6. The van der Waals surface area contributed by atoms with Crippen LogP contribution in [0.5, 0.6) is 0 Å². The lowest BCUT2D eigenvalue weighted by Gasteiger charge is -2.17. The summed E-state index contributed by atoms with van der Waals surface area (Å²) < 4.78 is 11.9. The van der Waals surface area contributed by atoms with Gasteiger partial charge in [-0.25, -0.2) is 5.90 Å². The van der Waals surface area contributed by atoms with Crippen molar-refractivity contribution in [3.63, 3.8) is 0 Å². The molecule has 0 saturated carbocycles. The highest BCUT2D eigenvalue weighted by Gasteiger charge is 2.09. The predicted molar refractivity (Wildman–Crippen MR) is 171 cm³/mol. The molecular formula is C35H73NO3. The maximum Gasteiger partial charge on any atom is 0.106 e. The minimum atomic E-state index is -0.0383. The van der Waals surface area contributed by atoms with E-state index in [1.165, 1.54) is 167 Å². The van der Waals surface area contributed by atoms with Crippen LogP contribution in [0.2, 0.25) is 0 Å². The van der Waals surface area contributed by atoms with Gasteiger partial charge < -0.3 is 14.3 Å². The maximum absolute atomic E-state index is 5.98. The van der Waals surface area contributed by atoms with E-state index in [0.29, 0.717) is 13.2 Å². The van der Waals surface area contributed by atoms with Gasteiger partial charge >= 0.3 is 0 Å².